The van der Waals surface area contributed by atoms with Gasteiger partial charge in [-0.2, -0.15) is 5.26 Å². The second-order valence-corrected chi connectivity index (χ2v) is 2.88. The SMILES string of the molecule is CC[N+](C)(CC)CC.N#CN=C=[N-]. The van der Waals surface area contributed by atoms with Gasteiger partial charge in [0.1, 0.15) is 0 Å². The largest absolute Gasteiger partial charge is 0.422 e. The Balaban J connectivity index is 0. The Bertz CT molecular complexity index is 186. The molecule has 0 amide bonds. The first kappa shape index (κ1) is 14.4. The fourth-order valence-corrected chi connectivity index (χ4v) is 0.693. The third-order valence-electron chi connectivity index (χ3n) is 2.39. The van der Waals surface area contributed by atoms with E-state index in [4.69, 9.17) is 10.7 Å². The van der Waals surface area contributed by atoms with Crippen molar-refractivity contribution in [2.75, 3.05) is 26.7 Å². The monoisotopic (exact) mass is 182 g/mol. The van der Waals surface area contributed by atoms with E-state index in [2.05, 4.69) is 32.8 Å². The molecule has 0 aliphatic carbocycles. The lowest BCUT2D eigenvalue weighted by Gasteiger charge is -2.30. The average Bonchev–Trinajstić information content (AvgIpc) is 2.19. The minimum Gasteiger partial charge on any atom is -0.422 e. The van der Waals surface area contributed by atoms with E-state index in [1.54, 1.807) is 0 Å². The van der Waals surface area contributed by atoms with Gasteiger partial charge in [-0.05, 0) is 20.8 Å². The van der Waals surface area contributed by atoms with E-state index >= 15 is 0 Å². The van der Waals surface area contributed by atoms with Crippen molar-refractivity contribution in [3.8, 4) is 6.19 Å². The van der Waals surface area contributed by atoms with Gasteiger partial charge in [0.2, 0.25) is 0 Å². The maximum atomic E-state index is 7.43. The topological polar surface area (TPSA) is 58.5 Å². The lowest BCUT2D eigenvalue weighted by molar-refractivity contribution is -0.904. The fourth-order valence-electron chi connectivity index (χ4n) is 0.693. The highest BCUT2D eigenvalue weighted by atomic mass is 15.3. The van der Waals surface area contributed by atoms with E-state index in [1.807, 2.05) is 0 Å². The summed E-state index contributed by atoms with van der Waals surface area (Å²) in [6.45, 7) is 10.5. The van der Waals surface area contributed by atoms with E-state index in [1.165, 1.54) is 36.3 Å². The molecular formula is C9H18N4. The van der Waals surface area contributed by atoms with Crippen LogP contribution in [0.2, 0.25) is 0 Å². The highest BCUT2D eigenvalue weighted by molar-refractivity contribution is 5.46. The number of quaternary nitrogens is 1. The van der Waals surface area contributed by atoms with Crippen molar-refractivity contribution in [1.29, 1.82) is 5.26 Å². The molecule has 0 bridgehead atoms. The summed E-state index contributed by atoms with van der Waals surface area (Å²) in [5.41, 5.74) is 0. The van der Waals surface area contributed by atoms with Crippen LogP contribution in [0.3, 0.4) is 0 Å². The molecule has 0 aromatic heterocycles. The summed E-state index contributed by atoms with van der Waals surface area (Å²) in [5.74, 6) is 0. The van der Waals surface area contributed by atoms with Gasteiger partial charge in [-0.25, -0.2) is 0 Å². The quantitative estimate of drug-likeness (QED) is 0.372. The highest BCUT2D eigenvalue weighted by Crippen LogP contribution is 1.97. The standard InChI is InChI=1S/C7H18N.C2N3/c1-5-8(4,6-2)7-3;3-1-5-2-4/h5-7H2,1-4H3;/q+1;-1. The van der Waals surface area contributed by atoms with Gasteiger partial charge in [-0.15, -0.1) is 6.01 Å². The van der Waals surface area contributed by atoms with Crippen molar-refractivity contribution in [1.82, 2.24) is 0 Å². The summed E-state index contributed by atoms with van der Waals surface area (Å²) in [5, 5.41) is 14.9. The van der Waals surface area contributed by atoms with E-state index in [0.29, 0.717) is 0 Å². The minimum atomic E-state index is 1.21. The molecular weight excluding hydrogens is 164 g/mol. The molecule has 0 spiro atoms. The van der Waals surface area contributed by atoms with Gasteiger partial charge < -0.3 is 14.9 Å². The Kier molecular flexibility index (Phi) is 9.86. The molecule has 0 fully saturated rings. The van der Waals surface area contributed by atoms with Crippen LogP contribution in [0.4, 0.5) is 0 Å². The fraction of sp³-hybridized carbons (Fsp3) is 0.778. The second-order valence-electron chi connectivity index (χ2n) is 2.88. The van der Waals surface area contributed by atoms with Crippen molar-refractivity contribution in [2.45, 2.75) is 20.8 Å². The summed E-state index contributed by atoms with van der Waals surface area (Å²) >= 11 is 0. The van der Waals surface area contributed by atoms with Crippen molar-refractivity contribution in [2.24, 2.45) is 4.99 Å². The van der Waals surface area contributed by atoms with E-state index in [0.717, 1.165) is 0 Å². The van der Waals surface area contributed by atoms with Crippen LogP contribution in [-0.4, -0.2) is 37.2 Å². The molecule has 0 saturated heterocycles. The first-order valence-corrected chi connectivity index (χ1v) is 4.41. The molecule has 0 heterocycles. The summed E-state index contributed by atoms with van der Waals surface area (Å²) in [6.07, 6.45) is 1.28. The van der Waals surface area contributed by atoms with Gasteiger partial charge in [0, 0.05) is 0 Å². The normalized spacial score (nSPS) is 8.85. The zero-order valence-corrected chi connectivity index (χ0v) is 8.91. The van der Waals surface area contributed by atoms with Gasteiger partial charge in [0.05, 0.1) is 32.9 Å². The van der Waals surface area contributed by atoms with Crippen molar-refractivity contribution >= 4 is 6.01 Å². The molecule has 0 aromatic rings. The smallest absolute Gasteiger partial charge is 0.0925 e. The Morgan fingerprint density at radius 1 is 1.23 bits per heavy atom. The van der Waals surface area contributed by atoms with Gasteiger partial charge in [0.25, 0.3) is 0 Å². The highest BCUT2D eigenvalue weighted by Gasteiger charge is 2.10. The molecule has 0 atom stereocenters. The molecule has 0 aliphatic rings. The Hall–Kier alpha value is -1.17. The van der Waals surface area contributed by atoms with Crippen LogP contribution in [-0.2, 0) is 0 Å². The molecule has 4 nitrogen and oxygen atoms in total. The average molecular weight is 182 g/mol. The van der Waals surface area contributed by atoms with Crippen LogP contribution in [0.5, 0.6) is 0 Å². The third-order valence-corrected chi connectivity index (χ3v) is 2.39. The molecule has 0 aromatic carbocycles. The van der Waals surface area contributed by atoms with Crippen LogP contribution in [0, 0.1) is 11.5 Å². The van der Waals surface area contributed by atoms with Gasteiger partial charge >= 0.3 is 0 Å². The van der Waals surface area contributed by atoms with Crippen molar-refractivity contribution in [3.05, 3.63) is 5.41 Å². The molecule has 74 valence electrons. The Morgan fingerprint density at radius 2 is 1.62 bits per heavy atom. The molecule has 0 saturated carbocycles. The maximum Gasteiger partial charge on any atom is 0.0925 e. The van der Waals surface area contributed by atoms with Gasteiger partial charge in [0.15, 0.2) is 0 Å². The van der Waals surface area contributed by atoms with Crippen molar-refractivity contribution < 1.29 is 4.48 Å². The van der Waals surface area contributed by atoms with E-state index in [-0.39, 0.29) is 0 Å². The van der Waals surface area contributed by atoms with E-state index < -0.39 is 0 Å². The second kappa shape index (κ2) is 8.92. The summed E-state index contributed by atoms with van der Waals surface area (Å²) in [4.78, 5) is 2.58. The molecule has 0 radical (unpaired) electrons. The van der Waals surface area contributed by atoms with Gasteiger partial charge in [-0.3, -0.25) is 0 Å². The Morgan fingerprint density at radius 3 is 1.62 bits per heavy atom. The van der Waals surface area contributed by atoms with Crippen LogP contribution in [0.25, 0.3) is 5.41 Å². The summed E-state index contributed by atoms with van der Waals surface area (Å²) in [7, 11) is 2.29. The zero-order valence-electron chi connectivity index (χ0n) is 8.91. The number of hydrogen-bond donors (Lipinski definition) is 0. The molecule has 13 heavy (non-hydrogen) atoms. The molecule has 0 N–H and O–H groups in total. The molecule has 0 rings (SSSR count). The first-order chi connectivity index (χ1) is 6.10. The lowest BCUT2D eigenvalue weighted by atomic mass is 10.4. The number of hydrogen-bond acceptors (Lipinski definition) is 2. The summed E-state index contributed by atoms with van der Waals surface area (Å²) < 4.78 is 1.21. The van der Waals surface area contributed by atoms with E-state index in [9.17, 15) is 0 Å². The molecule has 0 unspecified atom stereocenters. The number of nitrogens with zero attached hydrogens (tertiary/aromatic N) is 4. The zero-order chi connectivity index (χ0) is 10.7. The molecule has 4 heteroatoms. The maximum absolute atomic E-state index is 7.43. The predicted molar refractivity (Wildman–Crippen MR) is 54.2 cm³/mol. The number of rotatable bonds is 3. The van der Waals surface area contributed by atoms with Crippen LogP contribution in [0.1, 0.15) is 20.8 Å². The summed E-state index contributed by atoms with van der Waals surface area (Å²) in [6, 6.07) is 1.28. The number of aliphatic imine (C=N–C) groups is 1. The minimum absolute atomic E-state index is 1.21. The first-order valence-electron chi connectivity index (χ1n) is 4.41. The molecule has 0 aliphatic heterocycles. The van der Waals surface area contributed by atoms with Crippen molar-refractivity contribution in [3.63, 3.8) is 0 Å². The predicted octanol–water partition coefficient (Wildman–Crippen LogP) is 1.70. The number of nitriles is 1. The van der Waals surface area contributed by atoms with Gasteiger partial charge in [-0.1, -0.05) is 0 Å². The van der Waals surface area contributed by atoms with Crippen LogP contribution in [0.15, 0.2) is 4.99 Å². The van der Waals surface area contributed by atoms with Crippen LogP contribution >= 0.6 is 0 Å². The Labute approximate surface area is 80.6 Å². The lowest BCUT2D eigenvalue weighted by Crippen LogP contribution is -2.42. The van der Waals surface area contributed by atoms with Crippen LogP contribution < -0.4 is 0 Å². The third kappa shape index (κ3) is 8.74.